The third kappa shape index (κ3) is 5.67. The second-order valence-corrected chi connectivity index (χ2v) is 7.37. The number of hydrogen-bond donors (Lipinski definition) is 2. The van der Waals surface area contributed by atoms with Gasteiger partial charge in [0.15, 0.2) is 0 Å². The van der Waals surface area contributed by atoms with Gasteiger partial charge in [-0.25, -0.2) is 4.39 Å². The molecule has 3 aromatic rings. The van der Waals surface area contributed by atoms with Crippen LogP contribution in [0.25, 0.3) is 0 Å². The molecule has 0 aliphatic heterocycles. The monoisotopic (exact) mass is 470 g/mol. The molecule has 0 spiro atoms. The summed E-state index contributed by atoms with van der Waals surface area (Å²) in [6.45, 7) is 0. The van der Waals surface area contributed by atoms with Crippen molar-refractivity contribution in [1.29, 1.82) is 0 Å². The molecule has 3 aromatic carbocycles. The zero-order valence-electron chi connectivity index (χ0n) is 16.2. The third-order valence-electron chi connectivity index (χ3n) is 4.40. The molecule has 2 amide bonds. The molecule has 0 fully saturated rings. The minimum Gasteiger partial charge on any atom is -0.495 e. The Balaban J connectivity index is 1.68. The summed E-state index contributed by atoms with van der Waals surface area (Å²) < 4.78 is 19.6. The fourth-order valence-corrected chi connectivity index (χ4v) is 3.36. The van der Waals surface area contributed by atoms with E-state index in [2.05, 4.69) is 26.6 Å². The van der Waals surface area contributed by atoms with Gasteiger partial charge < -0.3 is 15.4 Å². The molecular formula is C23H20BrFN2O3. The Kier molecular flexibility index (Phi) is 7.19. The molecule has 0 radical (unpaired) electrons. The quantitative estimate of drug-likeness (QED) is 0.484. The standard InChI is InChI=1S/C23H20BrFN2O3/c1-30-21-11-10-18(26-22(28)12-9-15-5-2-3-8-19(15)24)14-20(21)27-23(29)16-6-4-7-17(25)13-16/h2-8,10-11,13-14H,9,12H2,1H3,(H,26,28)(H,27,29). The number of rotatable bonds is 7. The molecule has 0 aromatic heterocycles. The second kappa shape index (κ2) is 10.0. The number of carbonyl (C=O) groups is 2. The molecule has 0 unspecified atom stereocenters. The predicted octanol–water partition coefficient (Wildman–Crippen LogP) is 5.42. The Labute approximate surface area is 182 Å². The molecule has 154 valence electrons. The molecule has 0 aliphatic carbocycles. The molecule has 30 heavy (non-hydrogen) atoms. The first-order valence-electron chi connectivity index (χ1n) is 9.24. The Morgan fingerprint density at radius 2 is 1.80 bits per heavy atom. The number of aryl methyl sites for hydroxylation is 1. The highest BCUT2D eigenvalue weighted by Gasteiger charge is 2.13. The van der Waals surface area contributed by atoms with E-state index >= 15 is 0 Å². The van der Waals surface area contributed by atoms with Crippen LogP contribution in [0, 0.1) is 5.82 Å². The maximum Gasteiger partial charge on any atom is 0.255 e. The summed E-state index contributed by atoms with van der Waals surface area (Å²) in [6.07, 6.45) is 0.895. The van der Waals surface area contributed by atoms with Gasteiger partial charge in [0.2, 0.25) is 5.91 Å². The smallest absolute Gasteiger partial charge is 0.255 e. The number of amides is 2. The summed E-state index contributed by atoms with van der Waals surface area (Å²) in [6, 6.07) is 18.1. The highest BCUT2D eigenvalue weighted by Crippen LogP contribution is 2.28. The molecule has 0 atom stereocenters. The topological polar surface area (TPSA) is 67.4 Å². The summed E-state index contributed by atoms with van der Waals surface area (Å²) in [4.78, 5) is 24.8. The van der Waals surface area contributed by atoms with E-state index in [0.29, 0.717) is 30.0 Å². The number of carbonyl (C=O) groups excluding carboxylic acids is 2. The lowest BCUT2D eigenvalue weighted by atomic mass is 10.1. The van der Waals surface area contributed by atoms with Crippen molar-refractivity contribution < 1.29 is 18.7 Å². The first-order chi connectivity index (χ1) is 14.5. The number of halogens is 2. The van der Waals surface area contributed by atoms with Crippen LogP contribution in [0.4, 0.5) is 15.8 Å². The maximum absolute atomic E-state index is 13.4. The van der Waals surface area contributed by atoms with Gasteiger partial charge in [-0.15, -0.1) is 0 Å². The first kappa shape index (κ1) is 21.5. The summed E-state index contributed by atoms with van der Waals surface area (Å²) >= 11 is 3.48. The Hall–Kier alpha value is -3.19. The van der Waals surface area contributed by atoms with Gasteiger partial charge in [-0.1, -0.05) is 40.2 Å². The van der Waals surface area contributed by atoms with Crippen LogP contribution in [0.2, 0.25) is 0 Å². The van der Waals surface area contributed by atoms with Crippen molar-refractivity contribution in [3.8, 4) is 5.75 Å². The van der Waals surface area contributed by atoms with Gasteiger partial charge in [0, 0.05) is 22.1 Å². The van der Waals surface area contributed by atoms with E-state index in [-0.39, 0.29) is 11.5 Å². The van der Waals surface area contributed by atoms with Crippen molar-refractivity contribution in [3.05, 3.63) is 88.1 Å². The van der Waals surface area contributed by atoms with Crippen LogP contribution in [-0.4, -0.2) is 18.9 Å². The van der Waals surface area contributed by atoms with Gasteiger partial charge in [0.05, 0.1) is 12.8 Å². The summed E-state index contributed by atoms with van der Waals surface area (Å²) in [5, 5.41) is 5.52. The largest absolute Gasteiger partial charge is 0.495 e. The molecule has 0 saturated carbocycles. The lowest BCUT2D eigenvalue weighted by Gasteiger charge is -2.13. The van der Waals surface area contributed by atoms with Crippen molar-refractivity contribution in [2.45, 2.75) is 12.8 Å². The van der Waals surface area contributed by atoms with Gasteiger partial charge in [-0.3, -0.25) is 9.59 Å². The number of methoxy groups -OCH3 is 1. The lowest BCUT2D eigenvalue weighted by Crippen LogP contribution is -2.15. The summed E-state index contributed by atoms with van der Waals surface area (Å²) in [7, 11) is 1.48. The Morgan fingerprint density at radius 1 is 1.00 bits per heavy atom. The molecule has 0 aliphatic rings. The zero-order chi connectivity index (χ0) is 21.5. The molecule has 7 heteroatoms. The Bertz CT molecular complexity index is 1070. The van der Waals surface area contributed by atoms with Crippen LogP contribution < -0.4 is 15.4 Å². The first-order valence-corrected chi connectivity index (χ1v) is 10.0. The van der Waals surface area contributed by atoms with Gasteiger partial charge in [0.25, 0.3) is 5.91 Å². The zero-order valence-corrected chi connectivity index (χ0v) is 17.8. The molecule has 2 N–H and O–H groups in total. The van der Waals surface area contributed by atoms with E-state index in [4.69, 9.17) is 4.74 Å². The van der Waals surface area contributed by atoms with Crippen molar-refractivity contribution in [2.75, 3.05) is 17.7 Å². The van der Waals surface area contributed by atoms with Gasteiger partial charge in [0.1, 0.15) is 11.6 Å². The van der Waals surface area contributed by atoms with E-state index in [1.807, 2.05) is 24.3 Å². The van der Waals surface area contributed by atoms with Crippen molar-refractivity contribution in [2.24, 2.45) is 0 Å². The summed E-state index contributed by atoms with van der Waals surface area (Å²) in [5.74, 6) is -0.713. The predicted molar refractivity (Wildman–Crippen MR) is 118 cm³/mol. The number of ether oxygens (including phenoxy) is 1. The number of hydrogen-bond acceptors (Lipinski definition) is 3. The molecule has 3 rings (SSSR count). The normalized spacial score (nSPS) is 10.4. The molecule has 0 saturated heterocycles. The van der Waals surface area contributed by atoms with Crippen LogP contribution in [0.3, 0.4) is 0 Å². The third-order valence-corrected chi connectivity index (χ3v) is 5.17. The fourth-order valence-electron chi connectivity index (χ4n) is 2.88. The molecule has 0 bridgehead atoms. The second-order valence-electron chi connectivity index (χ2n) is 6.52. The van der Waals surface area contributed by atoms with Crippen LogP contribution in [-0.2, 0) is 11.2 Å². The minimum atomic E-state index is -0.499. The van der Waals surface area contributed by atoms with Crippen LogP contribution >= 0.6 is 15.9 Å². The van der Waals surface area contributed by atoms with E-state index in [1.54, 1.807) is 18.2 Å². The van der Waals surface area contributed by atoms with E-state index in [1.165, 1.54) is 25.3 Å². The van der Waals surface area contributed by atoms with Crippen LogP contribution in [0.5, 0.6) is 5.75 Å². The van der Waals surface area contributed by atoms with E-state index in [9.17, 15) is 14.0 Å². The average Bonchev–Trinajstić information content (AvgIpc) is 2.73. The number of benzene rings is 3. The van der Waals surface area contributed by atoms with Crippen molar-refractivity contribution >= 4 is 39.1 Å². The highest BCUT2D eigenvalue weighted by atomic mass is 79.9. The maximum atomic E-state index is 13.4. The number of anilines is 2. The SMILES string of the molecule is COc1ccc(NC(=O)CCc2ccccc2Br)cc1NC(=O)c1cccc(F)c1. The van der Waals surface area contributed by atoms with Gasteiger partial charge >= 0.3 is 0 Å². The average molecular weight is 471 g/mol. The van der Waals surface area contributed by atoms with Crippen molar-refractivity contribution in [3.63, 3.8) is 0 Å². The lowest BCUT2D eigenvalue weighted by molar-refractivity contribution is -0.116. The van der Waals surface area contributed by atoms with E-state index < -0.39 is 11.7 Å². The summed E-state index contributed by atoms with van der Waals surface area (Å²) in [5.41, 5.74) is 2.11. The molecule has 0 heterocycles. The highest BCUT2D eigenvalue weighted by molar-refractivity contribution is 9.10. The van der Waals surface area contributed by atoms with Crippen LogP contribution in [0.15, 0.2) is 71.2 Å². The fraction of sp³-hybridized carbons (Fsp3) is 0.130. The Morgan fingerprint density at radius 3 is 2.53 bits per heavy atom. The molecule has 5 nitrogen and oxygen atoms in total. The van der Waals surface area contributed by atoms with Gasteiger partial charge in [-0.05, 0) is 54.4 Å². The van der Waals surface area contributed by atoms with Crippen molar-refractivity contribution in [1.82, 2.24) is 0 Å². The number of nitrogens with one attached hydrogen (secondary N) is 2. The van der Waals surface area contributed by atoms with E-state index in [0.717, 1.165) is 16.1 Å². The minimum absolute atomic E-state index is 0.154. The van der Waals surface area contributed by atoms with Crippen LogP contribution in [0.1, 0.15) is 22.3 Å². The van der Waals surface area contributed by atoms with Gasteiger partial charge in [-0.2, -0.15) is 0 Å². The molecular weight excluding hydrogens is 451 g/mol.